The van der Waals surface area contributed by atoms with E-state index in [1.165, 1.54) is 64.7 Å². The van der Waals surface area contributed by atoms with Gasteiger partial charge >= 0.3 is 0 Å². The topological polar surface area (TPSA) is 15.3 Å². The van der Waals surface area contributed by atoms with Gasteiger partial charge in [0.25, 0.3) is 0 Å². The van der Waals surface area contributed by atoms with Crippen molar-refractivity contribution in [3.05, 3.63) is 0 Å². The summed E-state index contributed by atoms with van der Waals surface area (Å²) in [4.78, 5) is 2.76. The van der Waals surface area contributed by atoms with Crippen LogP contribution in [0.5, 0.6) is 0 Å². The van der Waals surface area contributed by atoms with Crippen molar-refractivity contribution in [1.82, 2.24) is 10.2 Å². The van der Waals surface area contributed by atoms with E-state index in [1.807, 2.05) is 0 Å². The Morgan fingerprint density at radius 2 is 1.79 bits per heavy atom. The quantitative estimate of drug-likeness (QED) is 0.838. The molecule has 19 heavy (non-hydrogen) atoms. The summed E-state index contributed by atoms with van der Waals surface area (Å²) >= 11 is 0. The minimum absolute atomic E-state index is 0.431. The van der Waals surface area contributed by atoms with Crippen molar-refractivity contribution in [1.29, 1.82) is 0 Å². The highest BCUT2D eigenvalue weighted by Gasteiger charge is 2.36. The average Bonchev–Trinajstić information content (AvgIpc) is 2.52. The summed E-state index contributed by atoms with van der Waals surface area (Å²) in [5.74, 6) is 0.756. The van der Waals surface area contributed by atoms with Crippen LogP contribution in [0.4, 0.5) is 0 Å². The summed E-state index contributed by atoms with van der Waals surface area (Å²) in [6.45, 7) is 14.6. The molecule has 0 atom stereocenters. The van der Waals surface area contributed by atoms with E-state index < -0.39 is 0 Å². The van der Waals surface area contributed by atoms with Crippen molar-refractivity contribution >= 4 is 0 Å². The summed E-state index contributed by atoms with van der Waals surface area (Å²) in [5, 5.41) is 3.90. The fraction of sp³-hybridized carbons (Fsp3) is 1.00. The van der Waals surface area contributed by atoms with E-state index in [9.17, 15) is 0 Å². The highest BCUT2D eigenvalue weighted by atomic mass is 15.2. The molecule has 2 aliphatic rings. The van der Waals surface area contributed by atoms with Gasteiger partial charge < -0.3 is 10.2 Å². The fourth-order valence-electron chi connectivity index (χ4n) is 3.68. The molecule has 1 spiro atoms. The third-order valence-corrected chi connectivity index (χ3v) is 5.68. The van der Waals surface area contributed by atoms with Gasteiger partial charge in [-0.05, 0) is 43.7 Å². The molecule has 112 valence electrons. The predicted molar refractivity (Wildman–Crippen MR) is 83.5 cm³/mol. The lowest BCUT2D eigenvalue weighted by atomic mass is 9.79. The van der Waals surface area contributed by atoms with E-state index in [0.29, 0.717) is 11.0 Å². The summed E-state index contributed by atoms with van der Waals surface area (Å²) in [6.07, 6.45) is 8.40. The van der Waals surface area contributed by atoms with E-state index in [1.54, 1.807) is 0 Å². The van der Waals surface area contributed by atoms with Crippen LogP contribution in [0.2, 0.25) is 0 Å². The van der Waals surface area contributed by atoms with Crippen LogP contribution in [0.15, 0.2) is 0 Å². The smallest absolute Gasteiger partial charge is 0.0308 e. The summed E-state index contributed by atoms with van der Waals surface area (Å²) in [7, 11) is 0. The Bertz CT molecular complexity index is 277. The van der Waals surface area contributed by atoms with Gasteiger partial charge in [-0.15, -0.1) is 0 Å². The SMILES string of the molecule is CC(C)C(C)(C)CN1CCCNC2(CCCCC2)C1. The minimum Gasteiger partial charge on any atom is -0.310 e. The van der Waals surface area contributed by atoms with Crippen LogP contribution in [0, 0.1) is 11.3 Å². The zero-order valence-corrected chi connectivity index (χ0v) is 13.6. The second-order valence-corrected chi connectivity index (χ2v) is 7.98. The van der Waals surface area contributed by atoms with Gasteiger partial charge in [-0.1, -0.05) is 47.0 Å². The molecule has 1 aliphatic carbocycles. The normalized spacial score (nSPS) is 25.7. The Morgan fingerprint density at radius 3 is 2.42 bits per heavy atom. The third-order valence-electron chi connectivity index (χ3n) is 5.68. The average molecular weight is 266 g/mol. The van der Waals surface area contributed by atoms with Crippen molar-refractivity contribution in [2.75, 3.05) is 26.2 Å². The lowest BCUT2D eigenvalue weighted by Crippen LogP contribution is -2.53. The fourth-order valence-corrected chi connectivity index (χ4v) is 3.68. The highest BCUT2D eigenvalue weighted by molar-refractivity contribution is 4.96. The molecule has 0 radical (unpaired) electrons. The van der Waals surface area contributed by atoms with E-state index in [0.717, 1.165) is 5.92 Å². The molecule has 2 rings (SSSR count). The zero-order valence-electron chi connectivity index (χ0n) is 13.6. The second-order valence-electron chi connectivity index (χ2n) is 7.98. The Balaban J connectivity index is 2.00. The van der Waals surface area contributed by atoms with Crippen molar-refractivity contribution in [2.24, 2.45) is 11.3 Å². The van der Waals surface area contributed by atoms with Gasteiger partial charge in [0.05, 0.1) is 0 Å². The molecule has 0 bridgehead atoms. The molecule has 2 fully saturated rings. The third kappa shape index (κ3) is 3.95. The number of nitrogens with zero attached hydrogens (tertiary/aromatic N) is 1. The Morgan fingerprint density at radius 1 is 1.11 bits per heavy atom. The Hall–Kier alpha value is -0.0800. The van der Waals surface area contributed by atoms with E-state index >= 15 is 0 Å². The van der Waals surface area contributed by atoms with E-state index in [-0.39, 0.29) is 0 Å². The molecular formula is C17H34N2. The van der Waals surface area contributed by atoms with Crippen LogP contribution in [0.25, 0.3) is 0 Å². The van der Waals surface area contributed by atoms with Gasteiger partial charge in [0.15, 0.2) is 0 Å². The summed E-state index contributed by atoms with van der Waals surface area (Å²) in [5.41, 5.74) is 0.877. The van der Waals surface area contributed by atoms with Gasteiger partial charge in [-0.3, -0.25) is 0 Å². The van der Waals surface area contributed by atoms with Gasteiger partial charge in [-0.2, -0.15) is 0 Å². The molecule has 2 nitrogen and oxygen atoms in total. The van der Waals surface area contributed by atoms with Gasteiger partial charge in [0, 0.05) is 18.6 Å². The van der Waals surface area contributed by atoms with Gasteiger partial charge in [0.1, 0.15) is 0 Å². The van der Waals surface area contributed by atoms with Crippen LogP contribution in [-0.4, -0.2) is 36.6 Å². The maximum Gasteiger partial charge on any atom is 0.0308 e. The van der Waals surface area contributed by atoms with Crippen molar-refractivity contribution in [3.8, 4) is 0 Å². The molecule has 0 aromatic rings. The molecule has 0 unspecified atom stereocenters. The zero-order chi connectivity index (χ0) is 13.9. The highest BCUT2D eigenvalue weighted by Crippen LogP contribution is 2.33. The summed E-state index contributed by atoms with van der Waals surface area (Å²) < 4.78 is 0. The van der Waals surface area contributed by atoms with Crippen molar-refractivity contribution in [2.45, 2.75) is 71.8 Å². The van der Waals surface area contributed by atoms with Gasteiger partial charge in [-0.25, -0.2) is 0 Å². The Kier molecular flexibility index (Phi) is 4.94. The van der Waals surface area contributed by atoms with E-state index in [4.69, 9.17) is 0 Å². The van der Waals surface area contributed by atoms with E-state index in [2.05, 4.69) is 37.9 Å². The first kappa shape index (κ1) is 15.3. The number of rotatable bonds is 3. The van der Waals surface area contributed by atoms with Crippen LogP contribution < -0.4 is 5.32 Å². The van der Waals surface area contributed by atoms with Crippen LogP contribution >= 0.6 is 0 Å². The largest absolute Gasteiger partial charge is 0.310 e. The first-order valence-electron chi connectivity index (χ1n) is 8.41. The molecule has 1 saturated carbocycles. The molecule has 0 aromatic carbocycles. The van der Waals surface area contributed by atoms with Gasteiger partial charge in [0.2, 0.25) is 0 Å². The maximum absolute atomic E-state index is 3.90. The molecule has 0 amide bonds. The standard InChI is InChI=1S/C17H34N2/c1-15(2)16(3,4)13-19-12-8-11-18-17(14-19)9-6-5-7-10-17/h15,18H,5-14H2,1-4H3. The molecule has 2 heteroatoms. The molecule has 0 aromatic heterocycles. The lowest BCUT2D eigenvalue weighted by molar-refractivity contribution is 0.101. The monoisotopic (exact) mass is 266 g/mol. The number of nitrogens with one attached hydrogen (secondary N) is 1. The molecule has 1 saturated heterocycles. The van der Waals surface area contributed by atoms with Crippen LogP contribution in [-0.2, 0) is 0 Å². The number of hydrogen-bond acceptors (Lipinski definition) is 2. The van der Waals surface area contributed by atoms with Crippen molar-refractivity contribution in [3.63, 3.8) is 0 Å². The predicted octanol–water partition coefficient (Wildman–Crippen LogP) is 3.67. The minimum atomic E-state index is 0.431. The second kappa shape index (κ2) is 6.13. The Labute approximate surface area is 120 Å². The summed E-state index contributed by atoms with van der Waals surface area (Å²) in [6, 6.07) is 0. The van der Waals surface area contributed by atoms with Crippen LogP contribution in [0.1, 0.15) is 66.2 Å². The number of hydrogen-bond donors (Lipinski definition) is 1. The molecule has 1 aliphatic heterocycles. The molecule has 1 N–H and O–H groups in total. The molecular weight excluding hydrogens is 232 g/mol. The maximum atomic E-state index is 3.90. The lowest BCUT2D eigenvalue weighted by Gasteiger charge is -2.42. The first-order valence-corrected chi connectivity index (χ1v) is 8.41. The van der Waals surface area contributed by atoms with Crippen molar-refractivity contribution < 1.29 is 0 Å². The molecule has 1 heterocycles. The first-order chi connectivity index (χ1) is 8.94. The van der Waals surface area contributed by atoms with Crippen LogP contribution in [0.3, 0.4) is 0 Å².